The predicted octanol–water partition coefficient (Wildman–Crippen LogP) is 8.66. The van der Waals surface area contributed by atoms with Crippen LogP contribution in [-0.4, -0.2) is 6.61 Å². The van der Waals surface area contributed by atoms with E-state index in [2.05, 4.69) is 0 Å². The van der Waals surface area contributed by atoms with Gasteiger partial charge in [0.15, 0.2) is 23.2 Å². The summed E-state index contributed by atoms with van der Waals surface area (Å²) in [5.74, 6) is -1.29. The fourth-order valence-corrected chi connectivity index (χ4v) is 6.06. The topological polar surface area (TPSA) is 9.23 Å². The summed E-state index contributed by atoms with van der Waals surface area (Å²) in [5, 5.41) is 0. The van der Waals surface area contributed by atoms with Crippen molar-refractivity contribution in [2.75, 3.05) is 6.61 Å². The third kappa shape index (κ3) is 5.44. The van der Waals surface area contributed by atoms with Crippen molar-refractivity contribution in [2.24, 2.45) is 17.8 Å². The van der Waals surface area contributed by atoms with Gasteiger partial charge in [0.1, 0.15) is 0 Å². The fraction of sp³-hybridized carbons (Fsp3) is 0.586. The minimum atomic E-state index is -0.901. The summed E-state index contributed by atoms with van der Waals surface area (Å²) in [7, 11) is 0. The first-order valence-electron chi connectivity index (χ1n) is 12.9. The summed E-state index contributed by atoms with van der Waals surface area (Å²) in [5.41, 5.74) is 1.31. The lowest BCUT2D eigenvalue weighted by Crippen LogP contribution is -2.27. The van der Waals surface area contributed by atoms with Crippen LogP contribution in [0.3, 0.4) is 0 Å². The van der Waals surface area contributed by atoms with E-state index in [-0.39, 0.29) is 17.2 Å². The largest absolute Gasteiger partial charge is 0.490 e. The molecule has 0 N–H and O–H groups in total. The van der Waals surface area contributed by atoms with Gasteiger partial charge in [-0.25, -0.2) is 13.2 Å². The van der Waals surface area contributed by atoms with Gasteiger partial charge in [-0.05, 0) is 111 Å². The lowest BCUT2D eigenvalue weighted by Gasteiger charge is -2.38. The minimum Gasteiger partial charge on any atom is -0.490 e. The highest BCUT2D eigenvalue weighted by Crippen LogP contribution is 2.44. The molecular weight excluding hydrogens is 440 g/mol. The van der Waals surface area contributed by atoms with Crippen LogP contribution in [0.15, 0.2) is 24.3 Å². The zero-order chi connectivity index (χ0) is 24.2. The third-order valence-corrected chi connectivity index (χ3v) is 8.20. The average Bonchev–Trinajstić information content (AvgIpc) is 2.86. The molecule has 0 radical (unpaired) electrons. The van der Waals surface area contributed by atoms with Crippen molar-refractivity contribution in [1.82, 2.24) is 0 Å². The van der Waals surface area contributed by atoms with Gasteiger partial charge in [-0.3, -0.25) is 0 Å². The molecule has 34 heavy (non-hydrogen) atoms. The van der Waals surface area contributed by atoms with Crippen molar-refractivity contribution < 1.29 is 22.3 Å². The van der Waals surface area contributed by atoms with E-state index in [1.54, 1.807) is 12.1 Å². The van der Waals surface area contributed by atoms with Crippen LogP contribution in [0.5, 0.6) is 5.75 Å². The fourth-order valence-electron chi connectivity index (χ4n) is 6.06. The predicted molar refractivity (Wildman–Crippen MR) is 127 cm³/mol. The maximum Gasteiger partial charge on any atom is 0.200 e. The highest BCUT2D eigenvalue weighted by atomic mass is 19.2. The zero-order valence-electron chi connectivity index (χ0n) is 20.3. The highest BCUT2D eigenvalue weighted by molar-refractivity contribution is 5.31. The molecule has 0 heterocycles. The first kappa shape index (κ1) is 25.1. The van der Waals surface area contributed by atoms with Gasteiger partial charge in [-0.15, -0.1) is 0 Å². The van der Waals surface area contributed by atoms with Crippen molar-refractivity contribution in [3.8, 4) is 5.75 Å². The molecule has 2 saturated carbocycles. The summed E-state index contributed by atoms with van der Waals surface area (Å²) >= 11 is 0. The second-order valence-corrected chi connectivity index (χ2v) is 10.4. The quantitative estimate of drug-likeness (QED) is 0.363. The van der Waals surface area contributed by atoms with E-state index in [1.807, 2.05) is 13.0 Å². The molecule has 0 unspecified atom stereocenters. The molecule has 2 aliphatic rings. The van der Waals surface area contributed by atoms with Crippen LogP contribution >= 0.6 is 0 Å². The van der Waals surface area contributed by atoms with Crippen LogP contribution < -0.4 is 4.74 Å². The molecule has 2 aromatic rings. The minimum absolute atomic E-state index is 0.00468. The number of benzene rings is 2. The lowest BCUT2D eigenvalue weighted by atomic mass is 9.68. The number of aryl methyl sites for hydroxylation is 2. The summed E-state index contributed by atoms with van der Waals surface area (Å²) in [6.07, 6.45) is 9.59. The molecule has 0 aromatic heterocycles. The maximum atomic E-state index is 14.7. The molecule has 0 atom stereocenters. The van der Waals surface area contributed by atoms with Crippen molar-refractivity contribution in [1.29, 1.82) is 0 Å². The molecule has 0 aliphatic heterocycles. The number of hydrogen-bond donors (Lipinski definition) is 0. The van der Waals surface area contributed by atoms with E-state index in [9.17, 15) is 17.6 Å². The Hall–Kier alpha value is -2.04. The summed E-state index contributed by atoms with van der Waals surface area (Å²) < 4.78 is 62.5. The van der Waals surface area contributed by atoms with Crippen LogP contribution in [0, 0.1) is 47.9 Å². The number of hydrogen-bond acceptors (Lipinski definition) is 1. The van der Waals surface area contributed by atoms with Crippen LogP contribution in [-0.2, 0) is 6.42 Å². The number of ether oxygens (including phenoxy) is 1. The second kappa shape index (κ2) is 11.1. The van der Waals surface area contributed by atoms with Gasteiger partial charge >= 0.3 is 0 Å². The summed E-state index contributed by atoms with van der Waals surface area (Å²) in [6.45, 7) is 3.92. The van der Waals surface area contributed by atoms with Crippen molar-refractivity contribution in [3.05, 3.63) is 64.2 Å². The normalized spacial score (nSPS) is 25.4. The third-order valence-electron chi connectivity index (χ3n) is 8.20. The SMILES string of the molecule is CCCc1ccc(C2CCC(C3CCC(COc4ccc(C)c(F)c4F)CC3)CC2)c(F)c1F. The van der Waals surface area contributed by atoms with E-state index in [0.29, 0.717) is 41.9 Å². The Bertz CT molecular complexity index is 973. The van der Waals surface area contributed by atoms with Crippen molar-refractivity contribution in [3.63, 3.8) is 0 Å². The average molecular weight is 477 g/mol. The van der Waals surface area contributed by atoms with Crippen LogP contribution in [0.1, 0.15) is 87.3 Å². The standard InChI is InChI=1S/C29H36F4O/c1-3-4-23-14-15-24(28(32)27(23)31)22-12-10-21(11-13-22)20-8-6-19(7-9-20)17-34-25-16-5-18(2)26(30)29(25)33/h5,14-16,19-22H,3-4,6-13,17H2,1-2H3. The Morgan fingerprint density at radius 1 is 0.735 bits per heavy atom. The van der Waals surface area contributed by atoms with Gasteiger partial charge in [-0.2, -0.15) is 4.39 Å². The monoisotopic (exact) mass is 476 g/mol. The van der Waals surface area contributed by atoms with E-state index in [1.165, 1.54) is 13.0 Å². The lowest BCUT2D eigenvalue weighted by molar-refractivity contribution is 0.129. The van der Waals surface area contributed by atoms with Crippen LogP contribution in [0.4, 0.5) is 17.6 Å². The van der Waals surface area contributed by atoms with Crippen LogP contribution in [0.25, 0.3) is 0 Å². The van der Waals surface area contributed by atoms with Crippen molar-refractivity contribution >= 4 is 0 Å². The summed E-state index contributed by atoms with van der Waals surface area (Å²) in [4.78, 5) is 0. The molecule has 1 nitrogen and oxygen atoms in total. The van der Waals surface area contributed by atoms with Gasteiger partial charge in [0.25, 0.3) is 0 Å². The first-order valence-corrected chi connectivity index (χ1v) is 12.9. The molecule has 186 valence electrons. The zero-order valence-corrected chi connectivity index (χ0v) is 20.3. The molecule has 0 spiro atoms. The molecular formula is C29H36F4O. The number of halogens is 4. The Kier molecular flexibility index (Phi) is 8.21. The Balaban J connectivity index is 1.24. The van der Waals surface area contributed by atoms with E-state index in [0.717, 1.165) is 57.8 Å². The first-order chi connectivity index (χ1) is 16.4. The number of rotatable bonds is 7. The molecule has 2 fully saturated rings. The van der Waals surface area contributed by atoms with E-state index < -0.39 is 23.3 Å². The van der Waals surface area contributed by atoms with E-state index >= 15 is 0 Å². The smallest absolute Gasteiger partial charge is 0.200 e. The Labute approximate surface area is 200 Å². The van der Waals surface area contributed by atoms with E-state index in [4.69, 9.17) is 4.74 Å². The van der Waals surface area contributed by atoms with Gasteiger partial charge in [0.2, 0.25) is 5.82 Å². The maximum absolute atomic E-state index is 14.7. The molecule has 0 bridgehead atoms. The van der Waals surface area contributed by atoms with Crippen molar-refractivity contribution in [2.45, 2.75) is 84.0 Å². The molecule has 0 saturated heterocycles. The molecule has 4 rings (SSSR count). The molecule has 0 amide bonds. The Morgan fingerprint density at radius 2 is 1.38 bits per heavy atom. The second-order valence-electron chi connectivity index (χ2n) is 10.4. The molecule has 2 aromatic carbocycles. The molecule has 5 heteroatoms. The molecule has 2 aliphatic carbocycles. The Morgan fingerprint density at radius 3 is 2.03 bits per heavy atom. The van der Waals surface area contributed by atoms with Gasteiger partial charge < -0.3 is 4.74 Å². The van der Waals surface area contributed by atoms with Crippen LogP contribution in [0.2, 0.25) is 0 Å². The van der Waals surface area contributed by atoms with Gasteiger partial charge in [0, 0.05) is 0 Å². The highest BCUT2D eigenvalue weighted by Gasteiger charge is 2.33. The van der Waals surface area contributed by atoms with Gasteiger partial charge in [-0.1, -0.05) is 31.5 Å². The van der Waals surface area contributed by atoms with Gasteiger partial charge in [0.05, 0.1) is 6.61 Å². The summed E-state index contributed by atoms with van der Waals surface area (Å²) in [6, 6.07) is 6.62.